The van der Waals surface area contributed by atoms with Crippen LogP contribution in [-0.4, -0.2) is 12.8 Å². The molecule has 0 atom stereocenters. The van der Waals surface area contributed by atoms with Gasteiger partial charge in [-0.15, -0.1) is 0 Å². The Bertz CT molecular complexity index is 311. The van der Waals surface area contributed by atoms with E-state index >= 15 is 0 Å². The maximum atomic E-state index is 10.2. The highest BCUT2D eigenvalue weighted by Gasteiger charge is 2.21. The van der Waals surface area contributed by atoms with E-state index in [1.807, 2.05) is 0 Å². The van der Waals surface area contributed by atoms with Gasteiger partial charge >= 0.3 is 5.71 Å². The molecule has 1 heterocycles. The Morgan fingerprint density at radius 3 is 3.17 bits per heavy atom. The number of nitroso groups, excluding NO2 is 1. The number of nitrogens with zero attached hydrogens (tertiary/aromatic N) is 1. The van der Waals surface area contributed by atoms with Gasteiger partial charge in [-0.2, -0.15) is 0 Å². The fraction of sp³-hybridized carbons (Fsp3) is 0.125. The molecule has 0 amide bonds. The Morgan fingerprint density at radius 2 is 2.58 bits per heavy atom. The lowest BCUT2D eigenvalue weighted by atomic mass is 10.3. The molecular weight excluding hydrogens is 174 g/mol. The molecule has 1 aliphatic rings. The summed E-state index contributed by atoms with van der Waals surface area (Å²) in [6.07, 6.45) is 3.34. The lowest BCUT2D eigenvalue weighted by Crippen LogP contribution is -1.94. The SMILES string of the molecule is C=C(/C=C1/SC=CC1=[N+]=O)OC. The molecule has 1 rings (SSSR count). The van der Waals surface area contributed by atoms with Gasteiger partial charge in [-0.05, 0) is 5.41 Å². The standard InChI is InChI=1S/C8H8NO2S/c1-6(11-2)5-8-7(9-10)3-4-12-8/h3-5H,1H2,2H3/q+1/b8-5+. The molecule has 1 aliphatic heterocycles. The highest BCUT2D eigenvalue weighted by atomic mass is 32.2. The van der Waals surface area contributed by atoms with Crippen LogP contribution >= 0.6 is 11.8 Å². The largest absolute Gasteiger partial charge is 0.497 e. The number of rotatable bonds is 2. The van der Waals surface area contributed by atoms with Crippen LogP contribution in [0.15, 0.2) is 34.8 Å². The van der Waals surface area contributed by atoms with Crippen LogP contribution in [0, 0.1) is 4.91 Å². The average molecular weight is 182 g/mol. The fourth-order valence-corrected chi connectivity index (χ4v) is 1.47. The van der Waals surface area contributed by atoms with Crippen molar-refractivity contribution in [1.82, 2.24) is 4.85 Å². The normalized spacial score (nSPS) is 18.1. The molecule has 4 heteroatoms. The summed E-state index contributed by atoms with van der Waals surface area (Å²) in [6.45, 7) is 3.61. The molecule has 0 radical (unpaired) electrons. The van der Waals surface area contributed by atoms with E-state index in [0.29, 0.717) is 11.5 Å². The van der Waals surface area contributed by atoms with Crippen molar-refractivity contribution in [3.05, 3.63) is 39.7 Å². The summed E-state index contributed by atoms with van der Waals surface area (Å²) in [6, 6.07) is 0. The van der Waals surface area contributed by atoms with E-state index in [1.54, 1.807) is 17.6 Å². The minimum atomic E-state index is 0.429. The lowest BCUT2D eigenvalue weighted by Gasteiger charge is -1.95. The van der Waals surface area contributed by atoms with Crippen molar-refractivity contribution in [3.8, 4) is 0 Å². The smallest absolute Gasteiger partial charge is 0.410 e. The van der Waals surface area contributed by atoms with Crippen LogP contribution in [0.1, 0.15) is 0 Å². The van der Waals surface area contributed by atoms with Gasteiger partial charge in [-0.3, -0.25) is 0 Å². The van der Waals surface area contributed by atoms with Crippen LogP contribution in [0.2, 0.25) is 0 Å². The number of methoxy groups -OCH3 is 1. The molecule has 0 aliphatic carbocycles. The summed E-state index contributed by atoms with van der Waals surface area (Å²) in [5, 5.41) is 1.80. The molecule has 0 N–H and O–H groups in total. The number of thioether (sulfide) groups is 1. The zero-order chi connectivity index (χ0) is 8.97. The minimum absolute atomic E-state index is 0.429. The Balaban J connectivity index is 2.85. The quantitative estimate of drug-likeness (QED) is 0.480. The first-order valence-electron chi connectivity index (χ1n) is 3.26. The average Bonchev–Trinajstić information content (AvgIpc) is 2.51. The third kappa shape index (κ3) is 1.87. The highest BCUT2D eigenvalue weighted by molar-refractivity contribution is 8.07. The summed E-state index contributed by atoms with van der Waals surface area (Å²) in [7, 11) is 1.53. The van der Waals surface area contributed by atoms with Gasteiger partial charge in [0.25, 0.3) is 0 Å². The van der Waals surface area contributed by atoms with Crippen molar-refractivity contribution >= 4 is 17.5 Å². The maximum absolute atomic E-state index is 10.2. The number of hydrogen-bond acceptors (Lipinski definition) is 3. The van der Waals surface area contributed by atoms with Crippen molar-refractivity contribution in [2.24, 2.45) is 0 Å². The molecule has 0 bridgehead atoms. The molecule has 0 unspecified atom stereocenters. The fourth-order valence-electron chi connectivity index (χ4n) is 0.703. The van der Waals surface area contributed by atoms with Gasteiger partial charge in [0.15, 0.2) is 4.91 Å². The first-order chi connectivity index (χ1) is 5.77. The molecule has 0 spiro atoms. The first kappa shape index (κ1) is 8.84. The summed E-state index contributed by atoms with van der Waals surface area (Å²) in [5.41, 5.74) is 0.429. The minimum Gasteiger partial charge on any atom is -0.497 e. The monoisotopic (exact) mass is 182 g/mol. The highest BCUT2D eigenvalue weighted by Crippen LogP contribution is 2.25. The second kappa shape index (κ2) is 3.95. The number of hydrogen-bond donors (Lipinski definition) is 0. The van der Waals surface area contributed by atoms with Crippen LogP contribution in [0.4, 0.5) is 0 Å². The van der Waals surface area contributed by atoms with E-state index < -0.39 is 0 Å². The molecule has 0 aromatic carbocycles. The predicted molar refractivity (Wildman–Crippen MR) is 51.5 cm³/mol. The van der Waals surface area contributed by atoms with E-state index in [9.17, 15) is 4.91 Å². The second-order valence-electron chi connectivity index (χ2n) is 2.08. The molecule has 0 aromatic rings. The van der Waals surface area contributed by atoms with Crippen LogP contribution in [0.3, 0.4) is 0 Å². The second-order valence-corrected chi connectivity index (χ2v) is 3.02. The van der Waals surface area contributed by atoms with Crippen molar-refractivity contribution in [3.63, 3.8) is 0 Å². The molecule has 0 saturated heterocycles. The van der Waals surface area contributed by atoms with E-state index in [4.69, 9.17) is 4.74 Å². The van der Waals surface area contributed by atoms with Gasteiger partial charge in [-0.25, -0.2) is 0 Å². The molecule has 0 aromatic heterocycles. The molecule has 62 valence electrons. The molecule has 12 heavy (non-hydrogen) atoms. The van der Waals surface area contributed by atoms with Crippen LogP contribution in [0.5, 0.6) is 0 Å². The Kier molecular flexibility index (Phi) is 2.91. The van der Waals surface area contributed by atoms with Crippen molar-refractivity contribution in [1.29, 1.82) is 0 Å². The Hall–Kier alpha value is -1.25. The van der Waals surface area contributed by atoms with Crippen LogP contribution < -0.4 is 4.85 Å². The van der Waals surface area contributed by atoms with E-state index in [0.717, 1.165) is 4.91 Å². The van der Waals surface area contributed by atoms with E-state index in [-0.39, 0.29) is 0 Å². The van der Waals surface area contributed by atoms with Crippen molar-refractivity contribution < 1.29 is 4.74 Å². The summed E-state index contributed by atoms with van der Waals surface area (Å²) in [4.78, 5) is 13.8. The third-order valence-corrected chi connectivity index (χ3v) is 2.18. The van der Waals surface area contributed by atoms with Gasteiger partial charge in [0.1, 0.15) is 10.7 Å². The molecular formula is C8H8NO2S+. The Labute approximate surface area is 74.5 Å². The zero-order valence-corrected chi connectivity index (χ0v) is 7.43. The first-order valence-corrected chi connectivity index (χ1v) is 4.14. The predicted octanol–water partition coefficient (Wildman–Crippen LogP) is 1.57. The van der Waals surface area contributed by atoms with E-state index in [1.165, 1.54) is 18.9 Å². The van der Waals surface area contributed by atoms with Crippen molar-refractivity contribution in [2.45, 2.75) is 0 Å². The van der Waals surface area contributed by atoms with Gasteiger partial charge < -0.3 is 4.74 Å². The van der Waals surface area contributed by atoms with Crippen LogP contribution in [-0.2, 0) is 4.74 Å². The molecule has 0 fully saturated rings. The number of ether oxygens (including phenoxy) is 1. The lowest BCUT2D eigenvalue weighted by molar-refractivity contribution is 0.309. The van der Waals surface area contributed by atoms with Gasteiger partial charge in [0, 0.05) is 12.2 Å². The molecule has 0 saturated carbocycles. The van der Waals surface area contributed by atoms with Gasteiger partial charge in [0.05, 0.1) is 7.11 Å². The summed E-state index contributed by atoms with van der Waals surface area (Å²) < 4.78 is 4.84. The third-order valence-electron chi connectivity index (χ3n) is 1.33. The van der Waals surface area contributed by atoms with Gasteiger partial charge in [0.2, 0.25) is 4.85 Å². The number of allylic oxidation sites excluding steroid dienone is 3. The molecule has 3 nitrogen and oxygen atoms in total. The Morgan fingerprint density at radius 1 is 1.83 bits per heavy atom. The van der Waals surface area contributed by atoms with Gasteiger partial charge in [-0.1, -0.05) is 18.3 Å². The maximum Gasteiger partial charge on any atom is 0.410 e. The summed E-state index contributed by atoms with van der Waals surface area (Å²) >= 11 is 1.43. The van der Waals surface area contributed by atoms with Crippen molar-refractivity contribution in [2.75, 3.05) is 7.11 Å². The topological polar surface area (TPSA) is 40.4 Å². The summed E-state index contributed by atoms with van der Waals surface area (Å²) in [5.74, 6) is 0.516. The zero-order valence-electron chi connectivity index (χ0n) is 6.61. The van der Waals surface area contributed by atoms with Crippen LogP contribution in [0.25, 0.3) is 0 Å². The van der Waals surface area contributed by atoms with E-state index in [2.05, 4.69) is 11.4 Å².